The third-order valence-corrected chi connectivity index (χ3v) is 9.63. The summed E-state index contributed by atoms with van der Waals surface area (Å²) in [6.45, 7) is 5.92. The van der Waals surface area contributed by atoms with E-state index in [4.69, 9.17) is 23.7 Å². The topological polar surface area (TPSA) is 141 Å². The van der Waals surface area contributed by atoms with Gasteiger partial charge in [0, 0.05) is 24.0 Å². The first-order valence-electron chi connectivity index (χ1n) is 13.1. The molecule has 0 aromatic heterocycles. The summed E-state index contributed by atoms with van der Waals surface area (Å²) >= 11 is 0. The largest absolute Gasteiger partial charge is 0.463 e. The molecule has 5 rings (SSSR count). The van der Waals surface area contributed by atoms with E-state index in [0.29, 0.717) is 19.4 Å². The van der Waals surface area contributed by atoms with Crippen LogP contribution in [-0.4, -0.2) is 84.1 Å². The molecule has 4 fully saturated rings. The number of hydrogen-bond donors (Lipinski definition) is 2. The van der Waals surface area contributed by atoms with Gasteiger partial charge in [-0.25, -0.2) is 14.4 Å². The molecule has 0 radical (unpaired) electrons. The molecule has 3 unspecified atom stereocenters. The molecule has 5 aliphatic rings. The highest BCUT2D eigenvalue weighted by molar-refractivity contribution is 5.84. The monoisotopic (exact) mass is 520 g/mol. The van der Waals surface area contributed by atoms with E-state index in [1.54, 1.807) is 6.92 Å². The number of carbonyl (C=O) groups is 3. The minimum atomic E-state index is -1.42. The minimum absolute atomic E-state index is 0.00532. The zero-order chi connectivity index (χ0) is 26.6. The molecular formula is C27H36O10. The van der Waals surface area contributed by atoms with Crippen LogP contribution in [0.25, 0.3) is 0 Å². The molecule has 2 N–H and O–H groups in total. The number of allylic oxidation sites excluding steroid dienone is 2. The second-order valence-corrected chi connectivity index (χ2v) is 11.5. The van der Waals surface area contributed by atoms with Crippen LogP contribution in [0.4, 0.5) is 0 Å². The maximum atomic E-state index is 13.0. The fraction of sp³-hybridized carbons (Fsp3) is 0.741. The maximum Gasteiger partial charge on any atom is 0.335 e. The predicted octanol–water partition coefficient (Wildman–Crippen LogP) is 1.22. The van der Waals surface area contributed by atoms with Crippen LogP contribution < -0.4 is 0 Å². The Balaban J connectivity index is 1.53. The van der Waals surface area contributed by atoms with Gasteiger partial charge in [0.2, 0.25) is 0 Å². The van der Waals surface area contributed by atoms with Crippen molar-refractivity contribution in [3.63, 3.8) is 0 Å². The van der Waals surface area contributed by atoms with Gasteiger partial charge in [-0.2, -0.15) is 0 Å². The molecule has 204 valence electrons. The second kappa shape index (κ2) is 9.48. The number of cyclic esters (lactones) is 2. The van der Waals surface area contributed by atoms with Gasteiger partial charge in [-0.15, -0.1) is 0 Å². The molecule has 37 heavy (non-hydrogen) atoms. The fourth-order valence-electron chi connectivity index (χ4n) is 7.04. The lowest BCUT2D eigenvalue weighted by molar-refractivity contribution is -0.269. The van der Waals surface area contributed by atoms with E-state index in [2.05, 4.69) is 0 Å². The highest BCUT2D eigenvalue weighted by Crippen LogP contribution is 2.72. The molecule has 0 amide bonds. The second-order valence-electron chi connectivity index (χ2n) is 11.5. The van der Waals surface area contributed by atoms with Gasteiger partial charge < -0.3 is 33.9 Å². The van der Waals surface area contributed by atoms with Crippen LogP contribution >= 0.6 is 0 Å². The van der Waals surface area contributed by atoms with Crippen molar-refractivity contribution in [1.29, 1.82) is 0 Å². The van der Waals surface area contributed by atoms with E-state index in [9.17, 15) is 24.6 Å². The SMILES string of the molecule is CC1CCOC(=O)C=C/C=C\C(=O)O[C@@H]2C[C@H]3O[C@@H]4C[C@@H](C)[C@H](O)C[C@]4(COC(=O)C1O)[C@]2(C)C31CO1. The Morgan fingerprint density at radius 2 is 1.59 bits per heavy atom. The van der Waals surface area contributed by atoms with Crippen LogP contribution in [0.1, 0.15) is 46.5 Å². The average molecular weight is 521 g/mol. The van der Waals surface area contributed by atoms with Crippen molar-refractivity contribution < 1.29 is 48.3 Å². The van der Waals surface area contributed by atoms with Crippen molar-refractivity contribution in [2.75, 3.05) is 19.8 Å². The number of aliphatic hydroxyl groups is 2. The van der Waals surface area contributed by atoms with E-state index in [-0.39, 0.29) is 44.2 Å². The van der Waals surface area contributed by atoms with Crippen molar-refractivity contribution in [3.8, 4) is 0 Å². The third-order valence-electron chi connectivity index (χ3n) is 9.63. The molecule has 0 aromatic carbocycles. The van der Waals surface area contributed by atoms with Crippen LogP contribution in [0.15, 0.2) is 24.3 Å². The summed E-state index contributed by atoms with van der Waals surface area (Å²) in [5.74, 6) is -2.54. The van der Waals surface area contributed by atoms with E-state index in [0.717, 1.165) is 0 Å². The summed E-state index contributed by atoms with van der Waals surface area (Å²) in [4.78, 5) is 37.7. The summed E-state index contributed by atoms with van der Waals surface area (Å²) in [6, 6.07) is 0. The molecule has 2 saturated carbocycles. The van der Waals surface area contributed by atoms with Crippen molar-refractivity contribution in [3.05, 3.63) is 24.3 Å². The fourth-order valence-corrected chi connectivity index (χ4v) is 7.04. The van der Waals surface area contributed by atoms with Gasteiger partial charge in [0.05, 0.1) is 36.9 Å². The summed E-state index contributed by atoms with van der Waals surface area (Å²) in [5, 5.41) is 21.7. The van der Waals surface area contributed by atoms with E-state index < -0.39 is 58.6 Å². The average Bonchev–Trinajstić information content (AvgIpc) is 3.63. The molecule has 2 saturated heterocycles. The zero-order valence-corrected chi connectivity index (χ0v) is 21.5. The number of ether oxygens (including phenoxy) is 5. The normalized spacial score (nSPS) is 49.2. The van der Waals surface area contributed by atoms with Crippen molar-refractivity contribution in [2.45, 2.75) is 82.6 Å². The first-order valence-corrected chi connectivity index (χ1v) is 13.1. The third kappa shape index (κ3) is 4.13. The molecule has 10 nitrogen and oxygen atoms in total. The Kier molecular flexibility index (Phi) is 6.75. The van der Waals surface area contributed by atoms with Gasteiger partial charge in [0.25, 0.3) is 0 Å². The summed E-state index contributed by atoms with van der Waals surface area (Å²) in [6.07, 6.45) is 3.32. The first-order chi connectivity index (χ1) is 17.5. The Labute approximate surface area is 215 Å². The highest BCUT2D eigenvalue weighted by Gasteiger charge is 2.83. The minimum Gasteiger partial charge on any atom is -0.463 e. The molecule has 2 aliphatic carbocycles. The lowest BCUT2D eigenvalue weighted by atomic mass is 9.49. The lowest BCUT2D eigenvalue weighted by Crippen LogP contribution is -2.69. The van der Waals surface area contributed by atoms with E-state index >= 15 is 0 Å². The highest BCUT2D eigenvalue weighted by atomic mass is 16.6. The van der Waals surface area contributed by atoms with Crippen molar-refractivity contribution in [2.24, 2.45) is 22.7 Å². The zero-order valence-electron chi connectivity index (χ0n) is 21.5. The summed E-state index contributed by atoms with van der Waals surface area (Å²) in [7, 11) is 0. The number of rotatable bonds is 0. The number of esters is 3. The maximum absolute atomic E-state index is 13.0. The predicted molar refractivity (Wildman–Crippen MR) is 127 cm³/mol. The van der Waals surface area contributed by atoms with Gasteiger partial charge in [0.15, 0.2) is 6.10 Å². The Bertz CT molecular complexity index is 1000. The van der Waals surface area contributed by atoms with Crippen LogP contribution in [0, 0.1) is 22.7 Å². The number of epoxide rings is 1. The van der Waals surface area contributed by atoms with Gasteiger partial charge in [-0.1, -0.05) is 32.9 Å². The van der Waals surface area contributed by atoms with Crippen LogP contribution in [0.3, 0.4) is 0 Å². The number of hydrogen-bond acceptors (Lipinski definition) is 10. The molecule has 2 bridgehead atoms. The van der Waals surface area contributed by atoms with Gasteiger partial charge >= 0.3 is 17.9 Å². The molecular weight excluding hydrogens is 484 g/mol. The summed E-state index contributed by atoms with van der Waals surface area (Å²) in [5.41, 5.74) is -2.45. The Morgan fingerprint density at radius 3 is 2.30 bits per heavy atom. The van der Waals surface area contributed by atoms with E-state index in [1.165, 1.54) is 24.3 Å². The van der Waals surface area contributed by atoms with Gasteiger partial charge in [-0.3, -0.25) is 0 Å². The van der Waals surface area contributed by atoms with E-state index in [1.807, 2.05) is 13.8 Å². The Hall–Kier alpha value is -2.27. The first kappa shape index (κ1) is 26.3. The molecule has 10 atom stereocenters. The number of carbonyl (C=O) groups excluding carboxylic acids is 3. The molecule has 2 spiro atoms. The Morgan fingerprint density at radius 1 is 0.892 bits per heavy atom. The van der Waals surface area contributed by atoms with Crippen LogP contribution in [0.5, 0.6) is 0 Å². The van der Waals surface area contributed by atoms with Gasteiger partial charge in [-0.05, 0) is 31.1 Å². The standard InChI is InChI=1S/C27H36O10/c1-15-8-9-33-21(29)6-4-5-7-22(30)37-18-11-20-27(14-35-27)25(18,3)26(13-34-24(32)23(15)31)12-17(28)16(2)10-19(26)36-20/h4-7,15-20,23,28,31H,8-14H2,1-3H3/b6-4?,7-5-/t15?,16-,17-,18-,19-,20-,23?,25-,26-,27?/m1/s1. The van der Waals surface area contributed by atoms with Crippen LogP contribution in [-0.2, 0) is 38.1 Å². The van der Waals surface area contributed by atoms with Gasteiger partial charge in [0.1, 0.15) is 18.3 Å². The molecule has 3 heterocycles. The van der Waals surface area contributed by atoms with Crippen molar-refractivity contribution >= 4 is 17.9 Å². The summed E-state index contributed by atoms with van der Waals surface area (Å²) < 4.78 is 29.5. The van der Waals surface area contributed by atoms with Crippen molar-refractivity contribution in [1.82, 2.24) is 0 Å². The molecule has 0 aromatic rings. The molecule has 3 aliphatic heterocycles. The lowest BCUT2D eigenvalue weighted by Gasteiger charge is -2.60. The quantitative estimate of drug-likeness (QED) is 0.272. The van der Waals surface area contributed by atoms with Crippen LogP contribution in [0.2, 0.25) is 0 Å². The smallest absolute Gasteiger partial charge is 0.335 e. The number of aliphatic hydroxyl groups excluding tert-OH is 2. The molecule has 10 heteroatoms.